The van der Waals surface area contributed by atoms with Gasteiger partial charge in [0.05, 0.1) is 19.8 Å². The predicted molar refractivity (Wildman–Crippen MR) is 163 cm³/mol. The van der Waals surface area contributed by atoms with Crippen molar-refractivity contribution in [3.63, 3.8) is 0 Å². The number of anilines is 1. The van der Waals surface area contributed by atoms with Crippen molar-refractivity contribution in [3.8, 4) is 0 Å². The first-order valence-electron chi connectivity index (χ1n) is 15.7. The molecule has 0 unspecified atom stereocenters. The Balaban J connectivity index is 1.55. The lowest BCUT2D eigenvalue weighted by Gasteiger charge is -2.31. The number of carbonyl (C=O) groups excluding carboxylic acids is 3. The lowest BCUT2D eigenvalue weighted by molar-refractivity contribution is -0.144. The summed E-state index contributed by atoms with van der Waals surface area (Å²) in [5.74, 6) is 0.209. The highest BCUT2D eigenvalue weighted by atomic mass is 16.5. The molecule has 1 aromatic carbocycles. The smallest absolute Gasteiger partial charge is 0.412 e. The quantitative estimate of drug-likeness (QED) is 0.0738. The standard InChI is InChI=1S/C32H52N4O5/c1-3-5-6-7-8-9-10-11-12-13-24-41-32(39)35-31(33)27-15-17-28(18-16-27)34-29(37)19-14-26-20-22-36(23-21-26)25-30(38)40-4-2/h15-18,26H,3-14,19-25H2,1-2H3,(H,34,37)(H2,33,35,39). The zero-order valence-corrected chi connectivity index (χ0v) is 25.3. The lowest BCUT2D eigenvalue weighted by atomic mass is 9.92. The maximum Gasteiger partial charge on any atom is 0.412 e. The average Bonchev–Trinajstić information content (AvgIpc) is 2.96. The molecule has 0 aliphatic carbocycles. The molecule has 1 aliphatic rings. The molecule has 2 amide bonds. The van der Waals surface area contributed by atoms with Crippen molar-refractivity contribution < 1.29 is 23.9 Å². The number of benzene rings is 1. The Bertz CT molecular complexity index is 913. The summed E-state index contributed by atoms with van der Waals surface area (Å²) in [6, 6.07) is 6.85. The molecule has 1 aromatic rings. The number of nitrogens with zero attached hydrogens (tertiary/aromatic N) is 1. The van der Waals surface area contributed by atoms with E-state index in [4.69, 9.17) is 14.9 Å². The van der Waals surface area contributed by atoms with Crippen LogP contribution >= 0.6 is 0 Å². The fraction of sp³-hybridized carbons (Fsp3) is 0.688. The van der Waals surface area contributed by atoms with E-state index in [1.54, 1.807) is 24.3 Å². The first-order valence-corrected chi connectivity index (χ1v) is 15.7. The monoisotopic (exact) mass is 572 g/mol. The minimum absolute atomic E-state index is 0.0368. The van der Waals surface area contributed by atoms with Crippen molar-refractivity contribution in [1.29, 1.82) is 5.41 Å². The minimum Gasteiger partial charge on any atom is -0.465 e. The van der Waals surface area contributed by atoms with Gasteiger partial charge in [0.15, 0.2) is 0 Å². The number of esters is 1. The van der Waals surface area contributed by atoms with Crippen LogP contribution in [0.5, 0.6) is 0 Å². The summed E-state index contributed by atoms with van der Waals surface area (Å²) in [6.45, 7) is 6.83. The molecule has 41 heavy (non-hydrogen) atoms. The van der Waals surface area contributed by atoms with Crippen LogP contribution in [0.3, 0.4) is 0 Å². The van der Waals surface area contributed by atoms with E-state index >= 15 is 0 Å². The van der Waals surface area contributed by atoms with Crippen LogP contribution < -0.4 is 10.6 Å². The van der Waals surface area contributed by atoms with Gasteiger partial charge < -0.3 is 14.8 Å². The molecule has 3 N–H and O–H groups in total. The first-order chi connectivity index (χ1) is 19.9. The molecule has 0 bridgehead atoms. The molecule has 9 nitrogen and oxygen atoms in total. The summed E-state index contributed by atoms with van der Waals surface area (Å²) in [4.78, 5) is 38.2. The fourth-order valence-corrected chi connectivity index (χ4v) is 5.07. The largest absolute Gasteiger partial charge is 0.465 e. The van der Waals surface area contributed by atoms with Crippen molar-refractivity contribution in [2.24, 2.45) is 5.92 Å². The summed E-state index contributed by atoms with van der Waals surface area (Å²) in [6.07, 6.45) is 14.7. The van der Waals surface area contributed by atoms with Gasteiger partial charge in [-0.05, 0) is 75.9 Å². The van der Waals surface area contributed by atoms with Crippen LogP contribution in [0.25, 0.3) is 0 Å². The molecular formula is C32H52N4O5. The molecule has 9 heteroatoms. The van der Waals surface area contributed by atoms with Gasteiger partial charge in [-0.1, -0.05) is 64.7 Å². The van der Waals surface area contributed by atoms with Crippen LogP contribution in [0.2, 0.25) is 0 Å². The summed E-state index contributed by atoms with van der Waals surface area (Å²) in [5.41, 5.74) is 1.19. The maximum absolute atomic E-state index is 12.4. The van der Waals surface area contributed by atoms with Crippen LogP contribution in [-0.2, 0) is 19.1 Å². The summed E-state index contributed by atoms with van der Waals surface area (Å²) >= 11 is 0. The lowest BCUT2D eigenvalue weighted by Crippen LogP contribution is -2.38. The number of piperidine rings is 1. The van der Waals surface area contributed by atoms with Crippen molar-refractivity contribution in [2.75, 3.05) is 38.2 Å². The Labute approximate surface area is 246 Å². The maximum atomic E-state index is 12.4. The number of rotatable bonds is 19. The molecule has 230 valence electrons. The van der Waals surface area contributed by atoms with Gasteiger partial charge in [-0.15, -0.1) is 0 Å². The Hall–Kier alpha value is -2.94. The van der Waals surface area contributed by atoms with Crippen LogP contribution in [0.15, 0.2) is 24.3 Å². The average molecular weight is 573 g/mol. The second-order valence-electron chi connectivity index (χ2n) is 11.0. The van der Waals surface area contributed by atoms with Gasteiger partial charge >= 0.3 is 12.1 Å². The topological polar surface area (TPSA) is 121 Å². The number of unbranched alkanes of at least 4 members (excludes halogenated alkanes) is 9. The number of hydrogen-bond acceptors (Lipinski definition) is 7. The predicted octanol–water partition coefficient (Wildman–Crippen LogP) is 6.65. The number of amides is 2. The highest BCUT2D eigenvalue weighted by Gasteiger charge is 2.22. The Kier molecular flexibility index (Phi) is 17.4. The van der Waals surface area contributed by atoms with Crippen LogP contribution in [0, 0.1) is 11.3 Å². The van der Waals surface area contributed by atoms with E-state index in [1.165, 1.54) is 44.9 Å². The SMILES string of the molecule is CCCCCCCCCCCCOC(=O)NC(=N)c1ccc(NC(=O)CCC2CCN(CC(=O)OCC)CC2)cc1. The number of alkyl carbamates (subject to hydrolysis) is 1. The van der Waals surface area contributed by atoms with E-state index in [-0.39, 0.29) is 17.7 Å². The van der Waals surface area contributed by atoms with Gasteiger partial charge in [0, 0.05) is 17.7 Å². The third kappa shape index (κ3) is 15.6. The highest BCUT2D eigenvalue weighted by Crippen LogP contribution is 2.22. The molecular weight excluding hydrogens is 520 g/mol. The second kappa shape index (κ2) is 20.9. The molecule has 1 aliphatic heterocycles. The van der Waals surface area contributed by atoms with Crippen molar-refractivity contribution in [1.82, 2.24) is 10.2 Å². The van der Waals surface area contributed by atoms with Crippen molar-refractivity contribution in [2.45, 2.75) is 104 Å². The molecule has 2 rings (SSSR count). The highest BCUT2D eigenvalue weighted by molar-refractivity contribution is 6.04. The number of amidine groups is 1. The molecule has 0 aromatic heterocycles. The van der Waals surface area contributed by atoms with E-state index in [0.717, 1.165) is 51.6 Å². The molecule has 0 saturated carbocycles. The number of likely N-dealkylation sites (tertiary alicyclic amines) is 1. The van der Waals surface area contributed by atoms with Crippen molar-refractivity contribution in [3.05, 3.63) is 29.8 Å². The number of carbonyl (C=O) groups is 3. The first kappa shape index (κ1) is 34.3. The number of ether oxygens (including phenoxy) is 2. The second-order valence-corrected chi connectivity index (χ2v) is 11.0. The van der Waals surface area contributed by atoms with Crippen LogP contribution in [-0.4, -0.2) is 61.6 Å². The zero-order valence-electron chi connectivity index (χ0n) is 25.3. The Morgan fingerprint density at radius 3 is 2.10 bits per heavy atom. The van der Waals surface area contributed by atoms with E-state index in [2.05, 4.69) is 22.5 Å². The van der Waals surface area contributed by atoms with Gasteiger partial charge in [0.25, 0.3) is 0 Å². The van der Waals surface area contributed by atoms with Crippen LogP contribution in [0.4, 0.5) is 10.5 Å². The third-order valence-corrected chi connectivity index (χ3v) is 7.56. The van der Waals surface area contributed by atoms with Crippen LogP contribution in [0.1, 0.15) is 109 Å². The van der Waals surface area contributed by atoms with Gasteiger partial charge in [-0.3, -0.25) is 25.2 Å². The Morgan fingerprint density at radius 1 is 0.878 bits per heavy atom. The summed E-state index contributed by atoms with van der Waals surface area (Å²) in [5, 5.41) is 13.5. The van der Waals surface area contributed by atoms with Gasteiger partial charge in [-0.25, -0.2) is 4.79 Å². The minimum atomic E-state index is -0.616. The third-order valence-electron chi connectivity index (χ3n) is 7.56. The normalized spacial score (nSPS) is 13.9. The number of hydrogen-bond donors (Lipinski definition) is 3. The van der Waals surface area contributed by atoms with E-state index in [0.29, 0.717) is 43.3 Å². The van der Waals surface area contributed by atoms with Gasteiger partial charge in [0.2, 0.25) is 5.91 Å². The zero-order chi connectivity index (χ0) is 29.7. The van der Waals surface area contributed by atoms with E-state index < -0.39 is 6.09 Å². The summed E-state index contributed by atoms with van der Waals surface area (Å²) in [7, 11) is 0. The molecule has 0 radical (unpaired) electrons. The molecule has 1 saturated heterocycles. The van der Waals surface area contributed by atoms with E-state index in [9.17, 15) is 14.4 Å². The fourth-order valence-electron chi connectivity index (χ4n) is 5.07. The number of nitrogens with one attached hydrogen (secondary N) is 3. The van der Waals surface area contributed by atoms with Gasteiger partial charge in [-0.2, -0.15) is 0 Å². The molecule has 0 spiro atoms. The van der Waals surface area contributed by atoms with Gasteiger partial charge in [0.1, 0.15) is 5.84 Å². The molecule has 1 heterocycles. The molecule has 0 atom stereocenters. The van der Waals surface area contributed by atoms with E-state index in [1.807, 2.05) is 6.92 Å². The Morgan fingerprint density at radius 2 is 1.49 bits per heavy atom. The molecule has 1 fully saturated rings. The van der Waals surface area contributed by atoms with Crippen molar-refractivity contribution >= 4 is 29.5 Å². The summed E-state index contributed by atoms with van der Waals surface area (Å²) < 4.78 is 10.2.